The number of benzene rings is 3. The van der Waals surface area contributed by atoms with Gasteiger partial charge in [0, 0.05) is 33.8 Å². The van der Waals surface area contributed by atoms with E-state index in [1.807, 2.05) is 5.32 Å². The van der Waals surface area contributed by atoms with Crippen LogP contribution in [0, 0.1) is 29.2 Å². The van der Waals surface area contributed by atoms with Gasteiger partial charge in [0.2, 0.25) is 5.91 Å². The molecule has 35 heavy (non-hydrogen) atoms. The van der Waals surface area contributed by atoms with Crippen molar-refractivity contribution in [2.45, 2.75) is 10.3 Å². The first-order valence-electron chi connectivity index (χ1n) is 9.78. The Morgan fingerprint density at radius 2 is 1.40 bits per heavy atom. The zero-order valence-corrected chi connectivity index (χ0v) is 20.1. The van der Waals surface area contributed by atoms with Crippen LogP contribution in [-0.4, -0.2) is 16.1 Å². The van der Waals surface area contributed by atoms with Gasteiger partial charge in [-0.2, -0.15) is 0 Å². The van der Waals surface area contributed by atoms with Crippen molar-refractivity contribution in [3.8, 4) is 0 Å². The molecule has 0 aliphatic heterocycles. The van der Waals surface area contributed by atoms with Crippen LogP contribution in [0.3, 0.4) is 0 Å². The second kappa shape index (κ2) is 9.50. The van der Waals surface area contributed by atoms with Crippen molar-refractivity contribution in [3.63, 3.8) is 0 Å². The van der Waals surface area contributed by atoms with Gasteiger partial charge in [-0.15, -0.1) is 23.2 Å². The van der Waals surface area contributed by atoms with E-state index in [1.165, 1.54) is 12.1 Å². The van der Waals surface area contributed by atoms with Crippen molar-refractivity contribution in [2.75, 3.05) is 10.6 Å². The summed E-state index contributed by atoms with van der Waals surface area (Å²) in [5.74, 6) is -8.44. The fourth-order valence-corrected chi connectivity index (χ4v) is 5.03. The van der Waals surface area contributed by atoms with Crippen molar-refractivity contribution in [2.24, 2.45) is 5.92 Å². The van der Waals surface area contributed by atoms with Crippen LogP contribution < -0.4 is 10.6 Å². The minimum atomic E-state index is -1.48. The van der Waals surface area contributed by atoms with E-state index in [-0.39, 0.29) is 5.69 Å². The zero-order valence-electron chi connectivity index (χ0n) is 17.1. The normalized spacial score (nSPS) is 18.2. The van der Waals surface area contributed by atoms with Gasteiger partial charge < -0.3 is 10.6 Å². The molecule has 1 saturated carbocycles. The van der Waals surface area contributed by atoms with E-state index in [4.69, 9.17) is 46.4 Å². The Kier molecular flexibility index (Phi) is 6.94. The molecule has 3 aromatic rings. The minimum Gasteiger partial charge on any atom is -0.326 e. The van der Waals surface area contributed by atoms with E-state index in [0.717, 1.165) is 12.1 Å². The van der Waals surface area contributed by atoms with E-state index < -0.39 is 62.5 Å². The number of nitrogens with one attached hydrogen (secondary N) is 2. The fourth-order valence-electron chi connectivity index (χ4n) is 3.66. The van der Waals surface area contributed by atoms with Crippen LogP contribution in [0.4, 0.5) is 28.9 Å². The highest BCUT2D eigenvalue weighted by atomic mass is 35.5. The first kappa shape index (κ1) is 25.6. The minimum absolute atomic E-state index is 0.0134. The summed E-state index contributed by atoms with van der Waals surface area (Å²) < 4.78 is 53.6. The Hall–Kier alpha value is -2.52. The molecule has 2 atom stereocenters. The zero-order chi connectivity index (χ0) is 25.7. The van der Waals surface area contributed by atoms with Gasteiger partial charge in [0.15, 0.2) is 11.6 Å². The molecule has 2 N–H and O–H groups in total. The number of amides is 2. The highest BCUT2D eigenvalue weighted by Gasteiger charge is 2.67. The lowest BCUT2D eigenvalue weighted by Gasteiger charge is -2.11. The summed E-state index contributed by atoms with van der Waals surface area (Å²) in [5, 5.41) is 4.99. The molecular formula is C23H12Cl4F4N2O2. The van der Waals surface area contributed by atoms with Crippen molar-refractivity contribution < 1.29 is 27.2 Å². The Morgan fingerprint density at radius 1 is 0.800 bits per heavy atom. The smallest absolute Gasteiger partial charge is 0.258 e. The Labute approximate surface area is 216 Å². The Balaban J connectivity index is 1.53. The quantitative estimate of drug-likeness (QED) is 0.251. The first-order chi connectivity index (χ1) is 16.4. The van der Waals surface area contributed by atoms with Gasteiger partial charge in [-0.25, -0.2) is 17.6 Å². The number of anilines is 2. The second-order valence-corrected chi connectivity index (χ2v) is 10.0. The third-order valence-corrected chi connectivity index (χ3v) is 6.68. The highest BCUT2D eigenvalue weighted by molar-refractivity contribution is 6.53. The Bertz CT molecular complexity index is 1330. The average Bonchev–Trinajstić information content (AvgIpc) is 3.33. The van der Waals surface area contributed by atoms with Crippen molar-refractivity contribution in [3.05, 3.63) is 93.0 Å². The van der Waals surface area contributed by atoms with E-state index >= 15 is 0 Å². The molecule has 182 valence electrons. The van der Waals surface area contributed by atoms with Crippen LogP contribution in [0.2, 0.25) is 10.0 Å². The lowest BCUT2D eigenvalue weighted by atomic mass is 10.1. The van der Waals surface area contributed by atoms with Gasteiger partial charge in [-0.05, 0) is 42.0 Å². The molecule has 4 nitrogen and oxygen atoms in total. The molecule has 3 aromatic carbocycles. The molecule has 0 heterocycles. The second-order valence-electron chi connectivity index (χ2n) is 7.72. The summed E-state index contributed by atoms with van der Waals surface area (Å²) >= 11 is 24.6. The van der Waals surface area contributed by atoms with Gasteiger partial charge in [-0.3, -0.25) is 9.59 Å². The molecular weight excluding hydrogens is 554 g/mol. The summed E-state index contributed by atoms with van der Waals surface area (Å²) in [4.78, 5) is 25.3. The maximum atomic E-state index is 14.3. The molecule has 0 aromatic heterocycles. The van der Waals surface area contributed by atoms with Gasteiger partial charge in [-0.1, -0.05) is 23.2 Å². The standard InChI is InChI=1S/C23H12Cl4F4N2O2/c24-10-3-9(4-11(25)5-10)18-19(23(18,26)27)22(35)32-13-1-2-15(29)14(8-13)21(34)33-20-16(30)6-12(28)7-17(20)31/h1-8,18-19H,(H,32,35)(H,33,34)/t18-,19+/m0/s1. The van der Waals surface area contributed by atoms with Gasteiger partial charge >= 0.3 is 0 Å². The number of hydrogen-bond acceptors (Lipinski definition) is 2. The van der Waals surface area contributed by atoms with Gasteiger partial charge in [0.05, 0.1) is 11.5 Å². The molecule has 2 amide bonds. The number of carbonyl (C=O) groups is 2. The molecule has 0 unspecified atom stereocenters. The molecule has 0 bridgehead atoms. The van der Waals surface area contributed by atoms with Crippen molar-refractivity contribution in [1.29, 1.82) is 0 Å². The van der Waals surface area contributed by atoms with E-state index in [2.05, 4.69) is 5.32 Å². The Morgan fingerprint density at radius 3 is 2.00 bits per heavy atom. The third-order valence-electron chi connectivity index (χ3n) is 5.30. The maximum absolute atomic E-state index is 14.3. The summed E-state index contributed by atoms with van der Waals surface area (Å²) in [7, 11) is 0. The highest BCUT2D eigenvalue weighted by Crippen LogP contribution is 2.65. The average molecular weight is 566 g/mol. The third kappa shape index (κ3) is 5.21. The maximum Gasteiger partial charge on any atom is 0.258 e. The van der Waals surface area contributed by atoms with E-state index in [1.54, 1.807) is 12.1 Å². The number of hydrogen-bond donors (Lipinski definition) is 2. The number of rotatable bonds is 5. The SMILES string of the molecule is O=C(Nc1c(F)cc(F)cc1F)c1cc(NC(=O)[C@H]2[C@H](c3cc(Cl)cc(Cl)c3)C2(Cl)Cl)ccc1F. The van der Waals surface area contributed by atoms with Crippen molar-refractivity contribution in [1.82, 2.24) is 0 Å². The molecule has 12 heteroatoms. The topological polar surface area (TPSA) is 58.2 Å². The molecule has 0 saturated heterocycles. The molecule has 0 radical (unpaired) electrons. The summed E-state index contributed by atoms with van der Waals surface area (Å²) in [6, 6.07) is 8.35. The number of carbonyl (C=O) groups excluding carboxylic acids is 2. The van der Waals surface area contributed by atoms with Crippen LogP contribution >= 0.6 is 46.4 Å². The molecule has 1 aliphatic carbocycles. The summed E-state index contributed by atoms with van der Waals surface area (Å²) in [5.41, 5.74) is -1.07. The predicted octanol–water partition coefficient (Wildman–Crippen LogP) is 7.33. The fraction of sp³-hybridized carbons (Fsp3) is 0.130. The number of halogens is 8. The van der Waals surface area contributed by atoms with Crippen LogP contribution in [0.5, 0.6) is 0 Å². The molecule has 4 rings (SSSR count). The number of alkyl halides is 2. The lowest BCUT2D eigenvalue weighted by Crippen LogP contribution is -2.19. The van der Waals surface area contributed by atoms with E-state index in [9.17, 15) is 27.2 Å². The lowest BCUT2D eigenvalue weighted by molar-refractivity contribution is -0.117. The van der Waals surface area contributed by atoms with E-state index in [0.29, 0.717) is 27.7 Å². The van der Waals surface area contributed by atoms with Crippen LogP contribution in [0.15, 0.2) is 48.5 Å². The van der Waals surface area contributed by atoms with Crippen molar-refractivity contribution >= 4 is 69.6 Å². The largest absolute Gasteiger partial charge is 0.326 e. The summed E-state index contributed by atoms with van der Waals surface area (Å²) in [6.07, 6.45) is 0. The monoisotopic (exact) mass is 564 g/mol. The van der Waals surface area contributed by atoms with Crippen LogP contribution in [-0.2, 0) is 4.79 Å². The predicted molar refractivity (Wildman–Crippen MR) is 126 cm³/mol. The van der Waals surface area contributed by atoms with Gasteiger partial charge in [0.25, 0.3) is 5.91 Å². The first-order valence-corrected chi connectivity index (χ1v) is 11.3. The molecule has 1 fully saturated rings. The summed E-state index contributed by atoms with van der Waals surface area (Å²) in [6.45, 7) is 0. The van der Waals surface area contributed by atoms with Crippen LogP contribution in [0.25, 0.3) is 0 Å². The van der Waals surface area contributed by atoms with Gasteiger partial charge in [0.1, 0.15) is 21.7 Å². The van der Waals surface area contributed by atoms with Crippen LogP contribution in [0.1, 0.15) is 21.8 Å². The molecule has 1 aliphatic rings. The molecule has 0 spiro atoms.